The second-order valence-electron chi connectivity index (χ2n) is 4.84. The molecule has 0 aliphatic heterocycles. The number of hydrogen-bond donors (Lipinski definition) is 1. The Kier molecular flexibility index (Phi) is 7.24. The molecule has 21 heavy (non-hydrogen) atoms. The van der Waals surface area contributed by atoms with Crippen molar-refractivity contribution in [2.24, 2.45) is 5.92 Å². The summed E-state index contributed by atoms with van der Waals surface area (Å²) in [5.41, 5.74) is 3.58. The Morgan fingerprint density at radius 1 is 0.952 bits per heavy atom. The second kappa shape index (κ2) is 8.96. The molecule has 0 saturated carbocycles. The molecule has 1 unspecified atom stereocenters. The van der Waals surface area contributed by atoms with Crippen LogP contribution in [0.2, 0.25) is 0 Å². The number of carboxylic acid groups (broad SMARTS) is 1. The lowest BCUT2D eigenvalue weighted by Crippen LogP contribution is -2.10. The van der Waals surface area contributed by atoms with Crippen LogP contribution in [0.5, 0.6) is 0 Å². The number of carboxylic acids is 1. The molecule has 0 saturated heterocycles. The summed E-state index contributed by atoms with van der Waals surface area (Å²) in [7, 11) is 0. The van der Waals surface area contributed by atoms with Crippen molar-refractivity contribution in [3.63, 3.8) is 0 Å². The molecule has 0 aromatic heterocycles. The van der Waals surface area contributed by atoms with Crippen molar-refractivity contribution in [2.45, 2.75) is 33.6 Å². The van der Waals surface area contributed by atoms with Gasteiger partial charge in [0.1, 0.15) is 0 Å². The summed E-state index contributed by atoms with van der Waals surface area (Å²) in [6, 6.07) is 18.6. The summed E-state index contributed by atoms with van der Waals surface area (Å²) in [5, 5.41) is 8.85. The van der Waals surface area contributed by atoms with Crippen molar-refractivity contribution in [3.05, 3.63) is 60.2 Å². The molecule has 2 nitrogen and oxygen atoms in total. The molecule has 0 radical (unpaired) electrons. The minimum Gasteiger partial charge on any atom is -0.481 e. The number of carbonyl (C=O) groups is 1. The van der Waals surface area contributed by atoms with Crippen molar-refractivity contribution in [1.29, 1.82) is 0 Å². The molecule has 2 aromatic rings. The molecule has 2 aromatic carbocycles. The van der Waals surface area contributed by atoms with E-state index >= 15 is 0 Å². The summed E-state index contributed by atoms with van der Waals surface area (Å²) < 4.78 is 0. The third kappa shape index (κ3) is 5.42. The van der Waals surface area contributed by atoms with E-state index in [0.717, 1.165) is 6.42 Å². The first-order valence-electron chi connectivity index (χ1n) is 7.54. The summed E-state index contributed by atoms with van der Waals surface area (Å²) in [4.78, 5) is 10.8. The van der Waals surface area contributed by atoms with Gasteiger partial charge in [-0.3, -0.25) is 4.79 Å². The molecule has 112 valence electrons. The van der Waals surface area contributed by atoms with Crippen LogP contribution in [0.1, 0.15) is 32.8 Å². The molecule has 0 amide bonds. The Morgan fingerprint density at radius 3 is 2.00 bits per heavy atom. The fourth-order valence-electron chi connectivity index (χ4n) is 2.00. The van der Waals surface area contributed by atoms with Gasteiger partial charge in [0.05, 0.1) is 5.92 Å². The van der Waals surface area contributed by atoms with Crippen LogP contribution in [-0.4, -0.2) is 11.1 Å². The van der Waals surface area contributed by atoms with Crippen LogP contribution < -0.4 is 0 Å². The molecule has 0 spiro atoms. The lowest BCUT2D eigenvalue weighted by Gasteiger charge is -2.07. The fourth-order valence-corrected chi connectivity index (χ4v) is 2.00. The first kappa shape index (κ1) is 17.0. The van der Waals surface area contributed by atoms with Crippen molar-refractivity contribution < 1.29 is 9.90 Å². The van der Waals surface area contributed by atoms with Gasteiger partial charge in [-0.1, -0.05) is 75.4 Å². The van der Waals surface area contributed by atoms with Gasteiger partial charge in [-0.2, -0.15) is 0 Å². The molecule has 0 fully saturated rings. The molecule has 2 rings (SSSR count). The topological polar surface area (TPSA) is 37.3 Å². The van der Waals surface area contributed by atoms with Gasteiger partial charge in [0.15, 0.2) is 0 Å². The maximum atomic E-state index is 10.8. The monoisotopic (exact) mass is 284 g/mol. The van der Waals surface area contributed by atoms with Crippen LogP contribution in [0.4, 0.5) is 0 Å². The highest BCUT2D eigenvalue weighted by Gasteiger charge is 2.10. The van der Waals surface area contributed by atoms with E-state index < -0.39 is 5.97 Å². The average molecular weight is 284 g/mol. The Hall–Kier alpha value is -2.09. The van der Waals surface area contributed by atoms with Gasteiger partial charge in [0.2, 0.25) is 0 Å². The minimum absolute atomic E-state index is 0.284. The molecular formula is C19H24O2. The number of hydrogen-bond acceptors (Lipinski definition) is 1. The van der Waals surface area contributed by atoms with Gasteiger partial charge in [-0.15, -0.1) is 0 Å². The van der Waals surface area contributed by atoms with Gasteiger partial charge in [0.25, 0.3) is 0 Å². The number of aliphatic carboxylic acids is 1. The quantitative estimate of drug-likeness (QED) is 0.835. The van der Waals surface area contributed by atoms with Crippen LogP contribution in [0.3, 0.4) is 0 Å². The van der Waals surface area contributed by atoms with Gasteiger partial charge in [-0.05, 0) is 29.5 Å². The molecular weight excluding hydrogens is 260 g/mol. The lowest BCUT2D eigenvalue weighted by atomic mass is 9.99. The van der Waals surface area contributed by atoms with E-state index in [2.05, 4.69) is 36.4 Å². The Labute approximate surface area is 127 Å². The maximum absolute atomic E-state index is 10.8. The standard InChI is InChI=1S/C17H18O2.C2H6/c1-13(17(18)19)7-8-14-9-11-16(12-10-14)15-5-3-2-4-6-15;1-2/h2-6,9-13H,7-8H2,1H3,(H,18,19);1-2H3. The molecule has 0 aliphatic rings. The highest BCUT2D eigenvalue weighted by atomic mass is 16.4. The zero-order valence-electron chi connectivity index (χ0n) is 13.0. The third-order valence-corrected chi connectivity index (χ3v) is 3.35. The molecule has 0 aliphatic carbocycles. The van der Waals surface area contributed by atoms with Gasteiger partial charge < -0.3 is 5.11 Å². The number of aryl methyl sites for hydroxylation is 1. The Balaban J connectivity index is 0.00000106. The first-order chi connectivity index (χ1) is 10.2. The molecule has 1 N–H and O–H groups in total. The predicted octanol–water partition coefficient (Wildman–Crippen LogP) is 5.03. The van der Waals surface area contributed by atoms with Crippen LogP contribution >= 0.6 is 0 Å². The fraction of sp³-hybridized carbons (Fsp3) is 0.316. The summed E-state index contributed by atoms with van der Waals surface area (Å²) >= 11 is 0. The normalized spacial score (nSPS) is 11.2. The van der Waals surface area contributed by atoms with Crippen molar-refractivity contribution in [1.82, 2.24) is 0 Å². The minimum atomic E-state index is -0.721. The van der Waals surface area contributed by atoms with Crippen molar-refractivity contribution >= 4 is 5.97 Å². The largest absolute Gasteiger partial charge is 0.481 e. The van der Waals surface area contributed by atoms with Crippen LogP contribution in [0, 0.1) is 5.92 Å². The predicted molar refractivity (Wildman–Crippen MR) is 88.3 cm³/mol. The first-order valence-corrected chi connectivity index (χ1v) is 7.54. The van der Waals surface area contributed by atoms with E-state index in [-0.39, 0.29) is 5.92 Å². The van der Waals surface area contributed by atoms with Gasteiger partial charge in [0, 0.05) is 0 Å². The maximum Gasteiger partial charge on any atom is 0.306 e. The molecule has 0 bridgehead atoms. The molecule has 2 heteroatoms. The van der Waals surface area contributed by atoms with E-state index in [9.17, 15) is 4.79 Å². The summed E-state index contributed by atoms with van der Waals surface area (Å²) in [6.07, 6.45) is 1.49. The van der Waals surface area contributed by atoms with E-state index in [1.54, 1.807) is 6.92 Å². The lowest BCUT2D eigenvalue weighted by molar-refractivity contribution is -0.141. The van der Waals surface area contributed by atoms with Crippen LogP contribution in [0.15, 0.2) is 54.6 Å². The summed E-state index contributed by atoms with van der Waals surface area (Å²) in [5.74, 6) is -1.00. The number of benzene rings is 2. The van der Waals surface area contributed by atoms with Gasteiger partial charge >= 0.3 is 5.97 Å². The zero-order valence-corrected chi connectivity index (χ0v) is 13.0. The van der Waals surface area contributed by atoms with Crippen LogP contribution in [0.25, 0.3) is 11.1 Å². The Bertz CT molecular complexity index is 529. The van der Waals surface area contributed by atoms with Crippen LogP contribution in [-0.2, 0) is 11.2 Å². The highest BCUT2D eigenvalue weighted by Crippen LogP contribution is 2.20. The SMILES string of the molecule is CC.CC(CCc1ccc(-c2ccccc2)cc1)C(=O)O. The Morgan fingerprint density at radius 2 is 1.48 bits per heavy atom. The van der Waals surface area contributed by atoms with E-state index in [1.165, 1.54) is 16.7 Å². The average Bonchev–Trinajstić information content (AvgIpc) is 2.55. The van der Waals surface area contributed by atoms with E-state index in [0.29, 0.717) is 6.42 Å². The zero-order chi connectivity index (χ0) is 15.7. The van der Waals surface area contributed by atoms with E-state index in [4.69, 9.17) is 5.11 Å². The van der Waals surface area contributed by atoms with Crippen molar-refractivity contribution in [2.75, 3.05) is 0 Å². The summed E-state index contributed by atoms with van der Waals surface area (Å²) in [6.45, 7) is 5.75. The third-order valence-electron chi connectivity index (χ3n) is 3.35. The van der Waals surface area contributed by atoms with E-state index in [1.807, 2.05) is 32.0 Å². The smallest absolute Gasteiger partial charge is 0.306 e. The second-order valence-corrected chi connectivity index (χ2v) is 4.84. The van der Waals surface area contributed by atoms with Gasteiger partial charge in [-0.25, -0.2) is 0 Å². The molecule has 0 heterocycles. The highest BCUT2D eigenvalue weighted by molar-refractivity contribution is 5.69. The molecule has 1 atom stereocenters. The number of rotatable bonds is 5. The van der Waals surface area contributed by atoms with Crippen molar-refractivity contribution in [3.8, 4) is 11.1 Å².